The highest BCUT2D eigenvalue weighted by atomic mass is 16.5. The van der Waals surface area contributed by atoms with Gasteiger partial charge in [0.05, 0.1) is 5.69 Å². The van der Waals surface area contributed by atoms with Crippen molar-refractivity contribution in [3.63, 3.8) is 0 Å². The average molecular weight is 367 g/mol. The van der Waals surface area contributed by atoms with Crippen LogP contribution in [0.4, 0.5) is 0 Å². The van der Waals surface area contributed by atoms with E-state index >= 15 is 0 Å². The minimum absolute atomic E-state index is 0.217. The number of furan rings is 1. The molecule has 0 aliphatic carbocycles. The van der Waals surface area contributed by atoms with Gasteiger partial charge < -0.3 is 14.5 Å². The first-order valence-electron chi connectivity index (χ1n) is 9.23. The molecule has 0 bridgehead atoms. The van der Waals surface area contributed by atoms with Gasteiger partial charge in [-0.1, -0.05) is 19.1 Å². The fraction of sp³-hybridized carbons (Fsp3) is 0.333. The number of carbonyl (C=O) groups is 1. The number of ether oxygens (including phenoxy) is 1. The van der Waals surface area contributed by atoms with Crippen LogP contribution in [0.1, 0.15) is 40.9 Å². The number of nitrogens with one attached hydrogen (secondary N) is 1. The van der Waals surface area contributed by atoms with Crippen molar-refractivity contribution in [3.8, 4) is 5.75 Å². The minimum atomic E-state index is -0.217. The van der Waals surface area contributed by atoms with Crippen LogP contribution in [0.3, 0.4) is 0 Å². The van der Waals surface area contributed by atoms with E-state index in [-0.39, 0.29) is 12.5 Å². The van der Waals surface area contributed by atoms with Gasteiger partial charge in [-0.3, -0.25) is 9.48 Å². The highest BCUT2D eigenvalue weighted by molar-refractivity contribution is 5.91. The third kappa shape index (κ3) is 5.48. The van der Waals surface area contributed by atoms with Crippen molar-refractivity contribution in [2.75, 3.05) is 6.54 Å². The Morgan fingerprint density at radius 3 is 2.70 bits per heavy atom. The van der Waals surface area contributed by atoms with E-state index in [4.69, 9.17) is 9.15 Å². The predicted octanol–water partition coefficient (Wildman–Crippen LogP) is 3.75. The summed E-state index contributed by atoms with van der Waals surface area (Å²) in [6, 6.07) is 13.4. The van der Waals surface area contributed by atoms with Gasteiger partial charge in [0, 0.05) is 19.3 Å². The molecule has 0 saturated heterocycles. The lowest BCUT2D eigenvalue weighted by molar-refractivity contribution is 0.0921. The topological polar surface area (TPSA) is 69.3 Å². The number of aromatic nitrogens is 2. The van der Waals surface area contributed by atoms with Crippen molar-refractivity contribution in [3.05, 3.63) is 71.4 Å². The summed E-state index contributed by atoms with van der Waals surface area (Å²) in [5.41, 5.74) is 2.26. The van der Waals surface area contributed by atoms with Gasteiger partial charge in [0.2, 0.25) is 0 Å². The Balaban J connectivity index is 1.41. The van der Waals surface area contributed by atoms with E-state index in [2.05, 4.69) is 17.3 Å². The van der Waals surface area contributed by atoms with Crippen LogP contribution in [0.15, 0.2) is 53.1 Å². The predicted molar refractivity (Wildman–Crippen MR) is 103 cm³/mol. The van der Waals surface area contributed by atoms with Crippen LogP contribution in [-0.2, 0) is 19.6 Å². The normalized spacial score (nSPS) is 10.7. The fourth-order valence-corrected chi connectivity index (χ4v) is 2.67. The molecule has 2 aromatic heterocycles. The zero-order valence-electron chi connectivity index (χ0n) is 15.8. The van der Waals surface area contributed by atoms with Gasteiger partial charge in [-0.25, -0.2) is 0 Å². The van der Waals surface area contributed by atoms with Crippen LogP contribution in [0, 0.1) is 6.92 Å². The first-order chi connectivity index (χ1) is 13.1. The van der Waals surface area contributed by atoms with Crippen LogP contribution in [0.25, 0.3) is 0 Å². The Hall–Kier alpha value is -3.02. The number of amides is 1. The monoisotopic (exact) mass is 367 g/mol. The molecule has 1 amide bonds. The van der Waals surface area contributed by atoms with E-state index in [9.17, 15) is 4.79 Å². The third-order valence-electron chi connectivity index (χ3n) is 4.22. The van der Waals surface area contributed by atoms with Gasteiger partial charge in [-0.05, 0) is 55.7 Å². The molecule has 6 nitrogen and oxygen atoms in total. The SMILES string of the molecule is CCc1ccc(OCc2ccc(C(=O)NCCCn3ccc(C)n3)o2)cc1. The van der Waals surface area contributed by atoms with Crippen molar-refractivity contribution in [1.82, 2.24) is 15.1 Å². The molecule has 2 heterocycles. The molecule has 0 aliphatic heterocycles. The zero-order chi connectivity index (χ0) is 19.1. The van der Waals surface area contributed by atoms with Crippen molar-refractivity contribution in [2.24, 2.45) is 0 Å². The molecule has 0 aliphatic rings. The van der Waals surface area contributed by atoms with E-state index in [1.807, 2.05) is 48.1 Å². The molecule has 0 unspecified atom stereocenters. The number of carbonyl (C=O) groups excluding carboxylic acids is 1. The van der Waals surface area contributed by atoms with Crippen molar-refractivity contribution < 1.29 is 13.9 Å². The number of hydrogen-bond donors (Lipinski definition) is 1. The van der Waals surface area contributed by atoms with Crippen molar-refractivity contribution in [2.45, 2.75) is 39.8 Å². The molecule has 0 spiro atoms. The van der Waals surface area contributed by atoms with Crippen LogP contribution >= 0.6 is 0 Å². The van der Waals surface area contributed by atoms with Gasteiger partial charge in [0.1, 0.15) is 18.1 Å². The molecule has 27 heavy (non-hydrogen) atoms. The minimum Gasteiger partial charge on any atom is -0.486 e. The number of benzene rings is 1. The molecule has 6 heteroatoms. The maximum atomic E-state index is 12.2. The standard InChI is InChI=1S/C21H25N3O3/c1-3-17-5-7-18(8-6-17)26-15-19-9-10-20(27-19)21(25)22-12-4-13-24-14-11-16(2)23-24/h5-11,14H,3-4,12-13,15H2,1-2H3,(H,22,25). The summed E-state index contributed by atoms with van der Waals surface area (Å²) >= 11 is 0. The van der Waals surface area contributed by atoms with Gasteiger partial charge in [0.25, 0.3) is 5.91 Å². The summed E-state index contributed by atoms with van der Waals surface area (Å²) in [4.78, 5) is 12.2. The lowest BCUT2D eigenvalue weighted by Gasteiger charge is -2.05. The van der Waals surface area contributed by atoms with Crippen LogP contribution in [0.5, 0.6) is 5.75 Å². The molecule has 142 valence electrons. The second-order valence-corrected chi connectivity index (χ2v) is 6.38. The van der Waals surface area contributed by atoms with Gasteiger partial charge >= 0.3 is 0 Å². The molecular formula is C21H25N3O3. The van der Waals surface area contributed by atoms with Crippen LogP contribution in [0.2, 0.25) is 0 Å². The van der Waals surface area contributed by atoms with E-state index in [1.54, 1.807) is 12.1 Å². The second-order valence-electron chi connectivity index (χ2n) is 6.38. The summed E-state index contributed by atoms with van der Waals surface area (Å²) in [5, 5.41) is 7.18. The number of aryl methyl sites for hydroxylation is 3. The quantitative estimate of drug-likeness (QED) is 0.585. The molecule has 0 radical (unpaired) electrons. The van der Waals surface area contributed by atoms with E-state index in [1.165, 1.54) is 5.56 Å². The molecule has 1 aromatic carbocycles. The first kappa shape index (κ1) is 18.8. The maximum Gasteiger partial charge on any atom is 0.286 e. The Bertz CT molecular complexity index is 865. The molecule has 0 saturated carbocycles. The third-order valence-corrected chi connectivity index (χ3v) is 4.22. The largest absolute Gasteiger partial charge is 0.486 e. The highest BCUT2D eigenvalue weighted by Crippen LogP contribution is 2.16. The fourth-order valence-electron chi connectivity index (χ4n) is 2.67. The number of nitrogens with zero attached hydrogens (tertiary/aromatic N) is 2. The summed E-state index contributed by atoms with van der Waals surface area (Å²) in [6.45, 7) is 5.69. The highest BCUT2D eigenvalue weighted by Gasteiger charge is 2.11. The summed E-state index contributed by atoms with van der Waals surface area (Å²) in [5.74, 6) is 1.48. The van der Waals surface area contributed by atoms with Crippen LogP contribution < -0.4 is 10.1 Å². The van der Waals surface area contributed by atoms with Gasteiger partial charge in [-0.2, -0.15) is 5.10 Å². The second kappa shape index (κ2) is 9.07. The number of rotatable bonds is 9. The lowest BCUT2D eigenvalue weighted by atomic mass is 10.2. The average Bonchev–Trinajstić information content (AvgIpc) is 3.33. The Kier molecular flexibility index (Phi) is 6.30. The molecule has 3 aromatic rings. The first-order valence-corrected chi connectivity index (χ1v) is 9.23. The summed E-state index contributed by atoms with van der Waals surface area (Å²) in [7, 11) is 0. The Labute approximate surface area is 159 Å². The Morgan fingerprint density at radius 1 is 1.19 bits per heavy atom. The smallest absolute Gasteiger partial charge is 0.286 e. The molecule has 0 fully saturated rings. The van der Waals surface area contributed by atoms with Crippen LogP contribution in [-0.4, -0.2) is 22.2 Å². The molecule has 1 N–H and O–H groups in total. The summed E-state index contributed by atoms with van der Waals surface area (Å²) < 4.78 is 13.1. The van der Waals surface area contributed by atoms with Gasteiger partial charge in [0.15, 0.2) is 5.76 Å². The Morgan fingerprint density at radius 2 is 2.00 bits per heavy atom. The summed E-state index contributed by atoms with van der Waals surface area (Å²) in [6.07, 6.45) is 3.74. The lowest BCUT2D eigenvalue weighted by Crippen LogP contribution is -2.24. The van der Waals surface area contributed by atoms with E-state index in [0.717, 1.165) is 30.8 Å². The van der Waals surface area contributed by atoms with Gasteiger partial charge in [-0.15, -0.1) is 0 Å². The molecule has 3 rings (SSSR count). The van der Waals surface area contributed by atoms with E-state index in [0.29, 0.717) is 18.1 Å². The molecular weight excluding hydrogens is 342 g/mol. The van der Waals surface area contributed by atoms with Crippen molar-refractivity contribution in [1.29, 1.82) is 0 Å². The number of hydrogen-bond acceptors (Lipinski definition) is 4. The van der Waals surface area contributed by atoms with Crippen molar-refractivity contribution >= 4 is 5.91 Å². The van der Waals surface area contributed by atoms with E-state index < -0.39 is 0 Å². The maximum absolute atomic E-state index is 12.2. The molecule has 0 atom stereocenters. The zero-order valence-corrected chi connectivity index (χ0v) is 15.8.